The fourth-order valence-corrected chi connectivity index (χ4v) is 5.29. The molecule has 1 amide bonds. The molecule has 0 spiro atoms. The van der Waals surface area contributed by atoms with Crippen LogP contribution in [0.15, 0.2) is 53.4 Å². The van der Waals surface area contributed by atoms with E-state index in [1.54, 1.807) is 42.1 Å². The number of carbonyl (C=O) groups is 1. The summed E-state index contributed by atoms with van der Waals surface area (Å²) in [6.07, 6.45) is 2.03. The van der Waals surface area contributed by atoms with Gasteiger partial charge in [0.2, 0.25) is 10.0 Å². The Morgan fingerprint density at radius 1 is 1.07 bits per heavy atom. The molecule has 0 aromatic heterocycles. The van der Waals surface area contributed by atoms with E-state index in [-0.39, 0.29) is 10.8 Å². The van der Waals surface area contributed by atoms with Gasteiger partial charge in [0.1, 0.15) is 0 Å². The molecule has 1 aliphatic heterocycles. The van der Waals surface area contributed by atoms with Gasteiger partial charge in [0, 0.05) is 43.2 Å². The second-order valence-corrected chi connectivity index (χ2v) is 9.75. The van der Waals surface area contributed by atoms with E-state index in [4.69, 9.17) is 0 Å². The lowest BCUT2D eigenvalue weighted by molar-refractivity contribution is 0.102. The third-order valence-electron chi connectivity index (χ3n) is 5.04. The lowest BCUT2D eigenvalue weighted by Crippen LogP contribution is -2.48. The van der Waals surface area contributed by atoms with Crippen molar-refractivity contribution in [1.82, 2.24) is 9.21 Å². The SMILES string of the molecule is CCN1CCN(S(=O)(=O)c2cccc(NC(=O)c3ccc(CSC)cc3)c2)CC1. The molecule has 0 radical (unpaired) electrons. The summed E-state index contributed by atoms with van der Waals surface area (Å²) < 4.78 is 27.5. The molecule has 1 saturated heterocycles. The average molecular weight is 434 g/mol. The van der Waals surface area contributed by atoms with E-state index in [1.165, 1.54) is 10.4 Å². The number of anilines is 1. The van der Waals surface area contributed by atoms with Crippen LogP contribution in [-0.2, 0) is 15.8 Å². The number of rotatable bonds is 7. The highest BCUT2D eigenvalue weighted by molar-refractivity contribution is 7.97. The van der Waals surface area contributed by atoms with Crippen molar-refractivity contribution in [2.24, 2.45) is 0 Å². The zero-order valence-electron chi connectivity index (χ0n) is 16.8. The molecule has 1 heterocycles. The van der Waals surface area contributed by atoms with E-state index in [0.29, 0.717) is 24.3 Å². The Bertz CT molecular complexity index is 938. The Labute approximate surface area is 177 Å². The van der Waals surface area contributed by atoms with Crippen LogP contribution < -0.4 is 5.32 Å². The summed E-state index contributed by atoms with van der Waals surface area (Å²) in [5.41, 5.74) is 2.17. The molecule has 2 aromatic carbocycles. The molecule has 8 heteroatoms. The van der Waals surface area contributed by atoms with Crippen LogP contribution in [0.1, 0.15) is 22.8 Å². The predicted molar refractivity (Wildman–Crippen MR) is 119 cm³/mol. The van der Waals surface area contributed by atoms with Gasteiger partial charge in [0.25, 0.3) is 5.91 Å². The van der Waals surface area contributed by atoms with Crippen LogP contribution in [0.5, 0.6) is 0 Å². The predicted octanol–water partition coefficient (Wildman–Crippen LogP) is 3.13. The van der Waals surface area contributed by atoms with Gasteiger partial charge in [-0.3, -0.25) is 4.79 Å². The molecule has 29 heavy (non-hydrogen) atoms. The summed E-state index contributed by atoms with van der Waals surface area (Å²) in [6, 6.07) is 13.9. The van der Waals surface area contributed by atoms with Crippen LogP contribution in [0.25, 0.3) is 0 Å². The quantitative estimate of drug-likeness (QED) is 0.727. The first-order chi connectivity index (χ1) is 13.9. The molecule has 2 aromatic rings. The van der Waals surface area contributed by atoms with Gasteiger partial charge in [0.05, 0.1) is 4.90 Å². The van der Waals surface area contributed by atoms with E-state index >= 15 is 0 Å². The first-order valence-electron chi connectivity index (χ1n) is 9.66. The number of sulfonamides is 1. The van der Waals surface area contributed by atoms with Crippen LogP contribution >= 0.6 is 11.8 Å². The Morgan fingerprint density at radius 2 is 1.76 bits per heavy atom. The van der Waals surface area contributed by atoms with Crippen molar-refractivity contribution in [3.05, 3.63) is 59.7 Å². The fourth-order valence-electron chi connectivity index (χ4n) is 3.29. The van der Waals surface area contributed by atoms with E-state index in [2.05, 4.69) is 17.1 Å². The average Bonchev–Trinajstić information content (AvgIpc) is 2.74. The van der Waals surface area contributed by atoms with Crippen molar-refractivity contribution in [2.75, 3.05) is 44.3 Å². The van der Waals surface area contributed by atoms with Crippen molar-refractivity contribution in [1.29, 1.82) is 0 Å². The van der Waals surface area contributed by atoms with Crippen molar-refractivity contribution < 1.29 is 13.2 Å². The Kier molecular flexibility index (Phi) is 7.34. The monoisotopic (exact) mass is 433 g/mol. The number of thioether (sulfide) groups is 1. The van der Waals surface area contributed by atoms with E-state index in [9.17, 15) is 13.2 Å². The van der Waals surface area contributed by atoms with E-state index in [0.717, 1.165) is 31.0 Å². The first-order valence-corrected chi connectivity index (χ1v) is 12.5. The highest BCUT2D eigenvalue weighted by Crippen LogP contribution is 2.21. The number of carbonyl (C=O) groups excluding carboxylic acids is 1. The van der Waals surface area contributed by atoms with Crippen LogP contribution in [-0.4, -0.2) is 62.5 Å². The summed E-state index contributed by atoms with van der Waals surface area (Å²) in [4.78, 5) is 15.0. The molecule has 156 valence electrons. The van der Waals surface area contributed by atoms with Crippen LogP contribution in [0, 0.1) is 0 Å². The topological polar surface area (TPSA) is 69.7 Å². The van der Waals surface area contributed by atoms with Crippen LogP contribution in [0.3, 0.4) is 0 Å². The Hall–Kier alpha value is -1.87. The normalized spacial score (nSPS) is 15.9. The highest BCUT2D eigenvalue weighted by atomic mass is 32.2. The van der Waals surface area contributed by atoms with E-state index in [1.807, 2.05) is 18.4 Å². The molecule has 0 saturated carbocycles. The zero-order chi connectivity index (χ0) is 20.9. The van der Waals surface area contributed by atoms with Gasteiger partial charge in [-0.2, -0.15) is 16.1 Å². The van der Waals surface area contributed by atoms with Crippen LogP contribution in [0.2, 0.25) is 0 Å². The molecule has 0 aliphatic carbocycles. The van der Waals surface area contributed by atoms with Gasteiger partial charge in [-0.25, -0.2) is 8.42 Å². The second kappa shape index (κ2) is 9.75. The fraction of sp³-hybridized carbons (Fsp3) is 0.381. The number of hydrogen-bond donors (Lipinski definition) is 1. The van der Waals surface area contributed by atoms with Crippen molar-refractivity contribution in [2.45, 2.75) is 17.6 Å². The lowest BCUT2D eigenvalue weighted by Gasteiger charge is -2.33. The number of nitrogens with one attached hydrogen (secondary N) is 1. The second-order valence-electron chi connectivity index (χ2n) is 6.95. The smallest absolute Gasteiger partial charge is 0.255 e. The number of likely N-dealkylation sites (N-methyl/N-ethyl adjacent to an activating group) is 1. The van der Waals surface area contributed by atoms with Gasteiger partial charge < -0.3 is 10.2 Å². The van der Waals surface area contributed by atoms with Gasteiger partial charge in [0.15, 0.2) is 0 Å². The van der Waals surface area contributed by atoms with Crippen molar-refractivity contribution >= 4 is 33.4 Å². The molecule has 1 N–H and O–H groups in total. The molecule has 0 unspecified atom stereocenters. The number of piperazine rings is 1. The lowest BCUT2D eigenvalue weighted by atomic mass is 10.1. The highest BCUT2D eigenvalue weighted by Gasteiger charge is 2.28. The molecular formula is C21H27N3O3S2. The van der Waals surface area contributed by atoms with E-state index < -0.39 is 10.0 Å². The standard InChI is InChI=1S/C21H27N3O3S2/c1-3-23-11-13-24(14-12-23)29(26,27)20-6-4-5-19(15-20)22-21(25)18-9-7-17(8-10-18)16-28-2/h4-10,15H,3,11-14,16H2,1-2H3,(H,22,25). The molecule has 6 nitrogen and oxygen atoms in total. The van der Waals surface area contributed by atoms with Gasteiger partial charge in [-0.15, -0.1) is 0 Å². The molecule has 3 rings (SSSR count). The van der Waals surface area contributed by atoms with Crippen LogP contribution in [0.4, 0.5) is 5.69 Å². The molecular weight excluding hydrogens is 406 g/mol. The Morgan fingerprint density at radius 3 is 2.38 bits per heavy atom. The summed E-state index contributed by atoms with van der Waals surface area (Å²) in [7, 11) is -3.58. The Balaban J connectivity index is 1.71. The summed E-state index contributed by atoms with van der Waals surface area (Å²) in [5.74, 6) is 0.640. The first kappa shape index (κ1) is 21.8. The summed E-state index contributed by atoms with van der Waals surface area (Å²) in [6.45, 7) is 5.43. The number of hydrogen-bond acceptors (Lipinski definition) is 5. The molecule has 0 atom stereocenters. The largest absolute Gasteiger partial charge is 0.322 e. The maximum Gasteiger partial charge on any atom is 0.255 e. The van der Waals surface area contributed by atoms with Crippen molar-refractivity contribution in [3.8, 4) is 0 Å². The molecule has 0 bridgehead atoms. The van der Waals surface area contributed by atoms with Gasteiger partial charge >= 0.3 is 0 Å². The summed E-state index contributed by atoms with van der Waals surface area (Å²) in [5, 5.41) is 2.81. The maximum absolute atomic E-state index is 13.0. The van der Waals surface area contributed by atoms with Gasteiger partial charge in [-0.05, 0) is 48.7 Å². The third kappa shape index (κ3) is 5.39. The number of amides is 1. The minimum absolute atomic E-state index is 0.204. The maximum atomic E-state index is 13.0. The summed E-state index contributed by atoms with van der Waals surface area (Å²) >= 11 is 1.72. The molecule has 1 fully saturated rings. The minimum atomic E-state index is -3.58. The third-order valence-corrected chi connectivity index (χ3v) is 7.55. The number of nitrogens with zero attached hydrogens (tertiary/aromatic N) is 2. The van der Waals surface area contributed by atoms with Crippen molar-refractivity contribution in [3.63, 3.8) is 0 Å². The molecule has 1 aliphatic rings. The minimum Gasteiger partial charge on any atom is -0.322 e. The number of benzene rings is 2. The zero-order valence-corrected chi connectivity index (χ0v) is 18.4. The van der Waals surface area contributed by atoms with Gasteiger partial charge in [-0.1, -0.05) is 25.1 Å².